The van der Waals surface area contributed by atoms with Crippen LogP contribution in [0.2, 0.25) is 0 Å². The minimum atomic E-state index is 0.202. The summed E-state index contributed by atoms with van der Waals surface area (Å²) < 4.78 is 0. The van der Waals surface area contributed by atoms with Gasteiger partial charge in [0.15, 0.2) is 0 Å². The normalized spacial score (nSPS) is 16.5. The third-order valence-corrected chi connectivity index (χ3v) is 4.58. The number of hydrogen-bond donors (Lipinski definition) is 1. The summed E-state index contributed by atoms with van der Waals surface area (Å²) in [6, 6.07) is 13.3. The zero-order valence-corrected chi connectivity index (χ0v) is 13.0. The number of pyridine rings is 1. The van der Waals surface area contributed by atoms with Crippen molar-refractivity contribution in [2.45, 2.75) is 45.1 Å². The van der Waals surface area contributed by atoms with E-state index in [0.717, 1.165) is 18.2 Å². The number of aryl methyl sites for hydroxylation is 1. The van der Waals surface area contributed by atoms with E-state index in [-0.39, 0.29) is 6.04 Å². The van der Waals surface area contributed by atoms with Crippen LogP contribution < -0.4 is 5.32 Å². The van der Waals surface area contributed by atoms with Crippen LogP contribution in [0.25, 0.3) is 0 Å². The van der Waals surface area contributed by atoms with Crippen molar-refractivity contribution in [3.05, 3.63) is 65.0 Å². The summed E-state index contributed by atoms with van der Waals surface area (Å²) in [5.74, 6) is 0.742. The van der Waals surface area contributed by atoms with E-state index in [1.54, 1.807) is 0 Å². The maximum absolute atomic E-state index is 4.66. The Hall–Kier alpha value is -1.67. The Morgan fingerprint density at radius 1 is 1.19 bits per heavy atom. The van der Waals surface area contributed by atoms with E-state index in [9.17, 15) is 0 Å². The fraction of sp³-hybridized carbons (Fsp3) is 0.421. The Balaban J connectivity index is 2.03. The van der Waals surface area contributed by atoms with Gasteiger partial charge in [-0.1, -0.05) is 43.7 Å². The summed E-state index contributed by atoms with van der Waals surface area (Å²) in [7, 11) is 0. The Bertz CT molecular complexity index is 602. The van der Waals surface area contributed by atoms with Gasteiger partial charge in [-0.15, -0.1) is 0 Å². The van der Waals surface area contributed by atoms with Crippen molar-refractivity contribution >= 4 is 0 Å². The van der Waals surface area contributed by atoms with Crippen LogP contribution in [0.5, 0.6) is 0 Å². The van der Waals surface area contributed by atoms with Crippen molar-refractivity contribution in [2.75, 3.05) is 6.54 Å². The molecule has 0 spiro atoms. The van der Waals surface area contributed by atoms with Crippen molar-refractivity contribution in [1.82, 2.24) is 10.3 Å². The standard InChI is InChI=1S/C19H24N2/c1-3-20-19(18-14(2)8-7-13-21-18)17-12-5-4-11-16(17)15-9-6-10-15/h4-5,7-8,11-13,15,19-20H,3,6,9-10H2,1-2H3. The highest BCUT2D eigenvalue weighted by Gasteiger charge is 2.26. The molecule has 110 valence electrons. The predicted molar refractivity (Wildman–Crippen MR) is 87.5 cm³/mol. The first kappa shape index (κ1) is 14.3. The van der Waals surface area contributed by atoms with Crippen LogP contribution in [0.15, 0.2) is 42.6 Å². The Labute approximate surface area is 127 Å². The Morgan fingerprint density at radius 2 is 2.00 bits per heavy atom. The minimum Gasteiger partial charge on any atom is -0.305 e. The lowest BCUT2D eigenvalue weighted by atomic mass is 9.76. The second-order valence-electron chi connectivity index (χ2n) is 5.95. The van der Waals surface area contributed by atoms with E-state index in [1.165, 1.54) is 36.0 Å². The lowest BCUT2D eigenvalue weighted by Crippen LogP contribution is -2.26. The van der Waals surface area contributed by atoms with Gasteiger partial charge in [0.05, 0.1) is 11.7 Å². The largest absolute Gasteiger partial charge is 0.305 e. The van der Waals surface area contributed by atoms with E-state index in [0.29, 0.717) is 0 Å². The van der Waals surface area contributed by atoms with Gasteiger partial charge in [0.1, 0.15) is 0 Å². The first-order valence-electron chi connectivity index (χ1n) is 8.05. The van der Waals surface area contributed by atoms with Gasteiger partial charge in [-0.3, -0.25) is 4.98 Å². The molecule has 3 rings (SSSR count). The second-order valence-corrected chi connectivity index (χ2v) is 5.95. The smallest absolute Gasteiger partial charge is 0.0756 e. The molecule has 1 aromatic heterocycles. The van der Waals surface area contributed by atoms with Gasteiger partial charge in [0, 0.05) is 6.20 Å². The van der Waals surface area contributed by atoms with Crippen LogP contribution in [0, 0.1) is 6.92 Å². The number of rotatable bonds is 5. The predicted octanol–water partition coefficient (Wildman–Crippen LogP) is 4.36. The third-order valence-electron chi connectivity index (χ3n) is 4.58. The zero-order valence-electron chi connectivity index (χ0n) is 13.0. The van der Waals surface area contributed by atoms with Crippen LogP contribution in [-0.2, 0) is 0 Å². The molecule has 1 aliphatic rings. The Morgan fingerprint density at radius 3 is 2.67 bits per heavy atom. The first-order chi connectivity index (χ1) is 10.3. The molecular weight excluding hydrogens is 256 g/mol. The molecular formula is C19H24N2. The van der Waals surface area contributed by atoms with E-state index < -0.39 is 0 Å². The molecule has 2 nitrogen and oxygen atoms in total. The van der Waals surface area contributed by atoms with Crippen molar-refractivity contribution in [1.29, 1.82) is 0 Å². The van der Waals surface area contributed by atoms with Gasteiger partial charge in [0.2, 0.25) is 0 Å². The third kappa shape index (κ3) is 2.86. The summed E-state index contributed by atoms with van der Waals surface area (Å²) in [6.45, 7) is 5.26. The van der Waals surface area contributed by atoms with E-state index in [2.05, 4.69) is 54.5 Å². The van der Waals surface area contributed by atoms with Crippen molar-refractivity contribution in [2.24, 2.45) is 0 Å². The van der Waals surface area contributed by atoms with Crippen LogP contribution in [-0.4, -0.2) is 11.5 Å². The molecule has 0 bridgehead atoms. The average molecular weight is 280 g/mol. The molecule has 0 saturated heterocycles. The Kier molecular flexibility index (Phi) is 4.35. The highest BCUT2D eigenvalue weighted by atomic mass is 14.9. The summed E-state index contributed by atoms with van der Waals surface area (Å²) >= 11 is 0. The molecule has 1 fully saturated rings. The van der Waals surface area contributed by atoms with Gasteiger partial charge in [-0.2, -0.15) is 0 Å². The van der Waals surface area contributed by atoms with E-state index in [1.807, 2.05) is 12.3 Å². The molecule has 0 aliphatic heterocycles. The van der Waals surface area contributed by atoms with Gasteiger partial charge < -0.3 is 5.32 Å². The average Bonchev–Trinajstić information content (AvgIpc) is 2.45. The highest BCUT2D eigenvalue weighted by molar-refractivity contribution is 5.40. The van der Waals surface area contributed by atoms with Gasteiger partial charge in [-0.25, -0.2) is 0 Å². The SMILES string of the molecule is CCNC(c1ccccc1C1CCC1)c1ncccc1C. The molecule has 1 atom stereocenters. The number of nitrogens with zero attached hydrogens (tertiary/aromatic N) is 1. The quantitative estimate of drug-likeness (QED) is 0.880. The maximum atomic E-state index is 4.66. The second kappa shape index (κ2) is 6.40. The van der Waals surface area contributed by atoms with Crippen LogP contribution >= 0.6 is 0 Å². The molecule has 1 heterocycles. The van der Waals surface area contributed by atoms with Crippen molar-refractivity contribution in [3.8, 4) is 0 Å². The van der Waals surface area contributed by atoms with Crippen molar-refractivity contribution < 1.29 is 0 Å². The number of benzene rings is 1. The van der Waals surface area contributed by atoms with E-state index in [4.69, 9.17) is 0 Å². The summed E-state index contributed by atoms with van der Waals surface area (Å²) in [4.78, 5) is 4.66. The van der Waals surface area contributed by atoms with Crippen molar-refractivity contribution in [3.63, 3.8) is 0 Å². The fourth-order valence-electron chi connectivity index (χ4n) is 3.22. The van der Waals surface area contributed by atoms with Gasteiger partial charge >= 0.3 is 0 Å². The molecule has 1 N–H and O–H groups in total. The van der Waals surface area contributed by atoms with Crippen LogP contribution in [0.3, 0.4) is 0 Å². The number of hydrogen-bond acceptors (Lipinski definition) is 2. The molecule has 0 radical (unpaired) electrons. The van der Waals surface area contributed by atoms with Gasteiger partial charge in [0.25, 0.3) is 0 Å². The minimum absolute atomic E-state index is 0.202. The maximum Gasteiger partial charge on any atom is 0.0756 e. The molecule has 1 aromatic carbocycles. The first-order valence-corrected chi connectivity index (χ1v) is 8.05. The van der Waals surface area contributed by atoms with Crippen LogP contribution in [0.1, 0.15) is 60.5 Å². The molecule has 1 aliphatic carbocycles. The summed E-state index contributed by atoms with van der Waals surface area (Å²) in [5.41, 5.74) is 5.34. The molecule has 2 heteroatoms. The molecule has 1 saturated carbocycles. The van der Waals surface area contributed by atoms with Gasteiger partial charge in [-0.05, 0) is 55.0 Å². The summed E-state index contributed by atoms with van der Waals surface area (Å²) in [5, 5.41) is 3.64. The molecule has 1 unspecified atom stereocenters. The highest BCUT2D eigenvalue weighted by Crippen LogP contribution is 2.40. The topological polar surface area (TPSA) is 24.9 Å². The molecule has 21 heavy (non-hydrogen) atoms. The lowest BCUT2D eigenvalue weighted by Gasteiger charge is -2.31. The zero-order chi connectivity index (χ0) is 14.7. The molecule has 0 amide bonds. The lowest BCUT2D eigenvalue weighted by molar-refractivity contribution is 0.414. The number of nitrogens with one attached hydrogen (secondary N) is 1. The van der Waals surface area contributed by atoms with E-state index >= 15 is 0 Å². The number of aromatic nitrogens is 1. The fourth-order valence-corrected chi connectivity index (χ4v) is 3.22. The monoisotopic (exact) mass is 280 g/mol. The molecule has 2 aromatic rings. The van der Waals surface area contributed by atoms with Crippen LogP contribution in [0.4, 0.5) is 0 Å². The summed E-state index contributed by atoms with van der Waals surface area (Å²) in [6.07, 6.45) is 5.93.